The molecule has 0 bridgehead atoms. The number of carbonyl (C=O) groups is 1. The summed E-state index contributed by atoms with van der Waals surface area (Å²) in [7, 11) is 0. The van der Waals surface area contributed by atoms with Crippen LogP contribution in [-0.4, -0.2) is 21.9 Å². The summed E-state index contributed by atoms with van der Waals surface area (Å²) in [5, 5.41) is 9.78. The van der Waals surface area contributed by atoms with Crippen LogP contribution in [0, 0.1) is 0 Å². The Morgan fingerprint density at radius 1 is 1.13 bits per heavy atom. The molecule has 31 heavy (non-hydrogen) atoms. The fraction of sp³-hybridized carbons (Fsp3) is 0.200. The average molecular weight is 534 g/mol. The number of nitrogens with one attached hydrogen (secondary N) is 2. The first kappa shape index (κ1) is 22.0. The van der Waals surface area contributed by atoms with E-state index in [2.05, 4.69) is 31.7 Å². The second-order valence-electron chi connectivity index (χ2n) is 6.96. The topological polar surface area (TPSA) is 59.0 Å². The number of amides is 1. The van der Waals surface area contributed by atoms with E-state index in [9.17, 15) is 18.0 Å². The first-order chi connectivity index (χ1) is 14.6. The van der Waals surface area contributed by atoms with E-state index in [-0.39, 0.29) is 23.0 Å². The number of aromatic nitrogens is 2. The van der Waals surface area contributed by atoms with Crippen LogP contribution in [0.4, 0.5) is 24.7 Å². The number of alkyl halides is 3. The van der Waals surface area contributed by atoms with Gasteiger partial charge in [-0.3, -0.25) is 4.79 Å². The van der Waals surface area contributed by atoms with Gasteiger partial charge in [0.1, 0.15) is 10.8 Å². The number of hydrogen-bond acceptors (Lipinski definition) is 3. The Bertz CT molecular complexity index is 1120. The molecule has 0 unspecified atom stereocenters. The van der Waals surface area contributed by atoms with Crippen molar-refractivity contribution in [2.24, 2.45) is 0 Å². The van der Waals surface area contributed by atoms with E-state index >= 15 is 0 Å². The zero-order chi connectivity index (χ0) is 22.3. The Labute approximate surface area is 193 Å². The third-order valence-corrected chi connectivity index (χ3v) is 6.02. The lowest BCUT2D eigenvalue weighted by molar-refractivity contribution is -0.173. The Hall–Kier alpha value is -2.23. The molecule has 0 saturated heterocycles. The van der Waals surface area contributed by atoms with Gasteiger partial charge in [0, 0.05) is 21.6 Å². The maximum atomic E-state index is 13.8. The van der Waals surface area contributed by atoms with Gasteiger partial charge in [-0.25, -0.2) is 4.68 Å². The van der Waals surface area contributed by atoms with Crippen LogP contribution in [0.3, 0.4) is 0 Å². The minimum Gasteiger partial charge on any atom is -0.362 e. The van der Waals surface area contributed by atoms with Crippen molar-refractivity contribution in [2.45, 2.75) is 24.7 Å². The minimum absolute atomic E-state index is 0.0515. The molecular formula is C20H14BrCl2F3N4O. The van der Waals surface area contributed by atoms with Gasteiger partial charge in [0.05, 0.1) is 6.04 Å². The van der Waals surface area contributed by atoms with E-state index in [1.165, 1.54) is 0 Å². The summed E-state index contributed by atoms with van der Waals surface area (Å²) < 4.78 is 43.1. The predicted molar refractivity (Wildman–Crippen MR) is 117 cm³/mol. The molecular weight excluding hydrogens is 520 g/mol. The number of hydrogen-bond donors (Lipinski definition) is 2. The van der Waals surface area contributed by atoms with Gasteiger partial charge in [-0.1, -0.05) is 51.3 Å². The van der Waals surface area contributed by atoms with Gasteiger partial charge in [0.15, 0.2) is 11.7 Å². The summed E-state index contributed by atoms with van der Waals surface area (Å²) in [5.74, 6) is -0.776. The van der Waals surface area contributed by atoms with Crippen LogP contribution in [0.2, 0.25) is 10.0 Å². The number of fused-ring (bicyclic) bond motifs is 1. The maximum absolute atomic E-state index is 13.8. The van der Waals surface area contributed by atoms with Crippen molar-refractivity contribution in [2.75, 3.05) is 10.6 Å². The first-order valence-electron chi connectivity index (χ1n) is 9.07. The molecule has 1 amide bonds. The fourth-order valence-electron chi connectivity index (χ4n) is 3.37. The van der Waals surface area contributed by atoms with Crippen molar-refractivity contribution in [1.29, 1.82) is 0 Å². The molecule has 1 aliphatic heterocycles. The summed E-state index contributed by atoms with van der Waals surface area (Å²) in [6.07, 6.45) is -4.88. The van der Waals surface area contributed by atoms with Crippen LogP contribution in [0.15, 0.2) is 53.0 Å². The van der Waals surface area contributed by atoms with Crippen LogP contribution in [0.5, 0.6) is 0 Å². The highest BCUT2D eigenvalue weighted by molar-refractivity contribution is 9.10. The molecule has 2 aromatic carbocycles. The zero-order valence-corrected chi connectivity index (χ0v) is 18.6. The van der Waals surface area contributed by atoms with Gasteiger partial charge in [0.2, 0.25) is 0 Å². The lowest BCUT2D eigenvalue weighted by atomic mass is 9.97. The number of benzene rings is 2. The normalized spacial score (nSPS) is 18.3. The average Bonchev–Trinajstić information content (AvgIpc) is 3.05. The maximum Gasteiger partial charge on any atom is 0.410 e. The second kappa shape index (κ2) is 8.37. The van der Waals surface area contributed by atoms with Gasteiger partial charge in [-0.05, 0) is 42.0 Å². The molecule has 3 aromatic rings. The largest absolute Gasteiger partial charge is 0.410 e. The van der Waals surface area contributed by atoms with Crippen molar-refractivity contribution in [3.8, 4) is 0 Å². The van der Waals surface area contributed by atoms with E-state index in [1.807, 2.05) is 0 Å². The molecule has 0 aliphatic carbocycles. The van der Waals surface area contributed by atoms with E-state index in [0.717, 1.165) is 9.15 Å². The van der Waals surface area contributed by atoms with Gasteiger partial charge in [-0.2, -0.15) is 18.3 Å². The highest BCUT2D eigenvalue weighted by Crippen LogP contribution is 2.46. The highest BCUT2D eigenvalue weighted by atomic mass is 79.9. The third kappa shape index (κ3) is 4.53. The van der Waals surface area contributed by atoms with Crippen LogP contribution in [-0.2, 0) is 0 Å². The van der Waals surface area contributed by atoms with E-state index in [0.29, 0.717) is 16.3 Å². The number of carbonyl (C=O) groups excluding carboxylic acids is 1. The first-order valence-corrected chi connectivity index (χ1v) is 10.6. The lowest BCUT2D eigenvalue weighted by Gasteiger charge is -2.33. The van der Waals surface area contributed by atoms with E-state index in [1.54, 1.807) is 48.5 Å². The smallest absolute Gasteiger partial charge is 0.362 e. The molecule has 1 aliphatic rings. The number of halogens is 6. The summed E-state index contributed by atoms with van der Waals surface area (Å²) >= 11 is 15.5. The van der Waals surface area contributed by atoms with Crippen molar-refractivity contribution in [1.82, 2.24) is 9.78 Å². The molecule has 0 spiro atoms. The quantitative estimate of drug-likeness (QED) is 0.386. The Kier molecular flexibility index (Phi) is 5.93. The molecule has 2 heterocycles. The SMILES string of the molecule is O=C(Nc1ccc(Cl)cc1)c1nn2c(c1Cl)N[C@H](c1ccc(Br)cc1)C[C@H]2C(F)(F)F. The molecule has 0 fully saturated rings. The summed E-state index contributed by atoms with van der Waals surface area (Å²) in [5.41, 5.74) is 0.766. The molecule has 1 aromatic heterocycles. The molecule has 2 N–H and O–H groups in total. The predicted octanol–water partition coefficient (Wildman–Crippen LogP) is 6.87. The molecule has 11 heteroatoms. The summed E-state index contributed by atoms with van der Waals surface area (Å²) in [6, 6.07) is 10.6. The van der Waals surface area contributed by atoms with Crippen LogP contribution < -0.4 is 10.6 Å². The number of rotatable bonds is 3. The van der Waals surface area contributed by atoms with Crippen molar-refractivity contribution >= 4 is 56.5 Å². The van der Waals surface area contributed by atoms with E-state index in [4.69, 9.17) is 23.2 Å². The molecule has 5 nitrogen and oxygen atoms in total. The van der Waals surface area contributed by atoms with E-state index < -0.39 is 24.2 Å². The number of anilines is 2. The molecule has 0 saturated carbocycles. The van der Waals surface area contributed by atoms with Crippen LogP contribution in [0.1, 0.15) is 34.6 Å². The van der Waals surface area contributed by atoms with Crippen LogP contribution >= 0.6 is 39.1 Å². The Morgan fingerprint density at radius 2 is 1.77 bits per heavy atom. The third-order valence-electron chi connectivity index (χ3n) is 4.89. The Balaban J connectivity index is 1.69. The fourth-order valence-corrected chi connectivity index (χ4v) is 4.03. The van der Waals surface area contributed by atoms with Crippen molar-refractivity contribution in [3.05, 3.63) is 74.3 Å². The molecule has 162 valence electrons. The second-order valence-corrected chi connectivity index (χ2v) is 8.69. The highest BCUT2D eigenvalue weighted by Gasteiger charge is 2.47. The standard InChI is InChI=1S/C20H14BrCl2F3N4O/c21-11-3-1-10(2-4-11)14-9-15(20(24,25)26)30-18(28-14)16(23)17(29-30)19(31)27-13-7-5-12(22)6-8-13/h1-8,14-15,28H,9H2,(H,27,31)/t14-,15-/m0/s1. The minimum atomic E-state index is -4.58. The molecule has 2 atom stereocenters. The van der Waals surface area contributed by atoms with Crippen molar-refractivity contribution < 1.29 is 18.0 Å². The molecule has 4 rings (SSSR count). The summed E-state index contributed by atoms with van der Waals surface area (Å²) in [4.78, 5) is 12.7. The van der Waals surface area contributed by atoms with Gasteiger partial charge >= 0.3 is 6.18 Å². The van der Waals surface area contributed by atoms with Gasteiger partial charge in [0.25, 0.3) is 5.91 Å². The number of nitrogens with zero attached hydrogens (tertiary/aromatic N) is 2. The zero-order valence-electron chi connectivity index (χ0n) is 15.6. The van der Waals surface area contributed by atoms with Gasteiger partial charge < -0.3 is 10.6 Å². The van der Waals surface area contributed by atoms with Crippen LogP contribution in [0.25, 0.3) is 0 Å². The monoisotopic (exact) mass is 532 g/mol. The Morgan fingerprint density at radius 3 is 2.39 bits per heavy atom. The summed E-state index contributed by atoms with van der Waals surface area (Å²) in [6.45, 7) is 0. The molecule has 0 radical (unpaired) electrons. The van der Waals surface area contributed by atoms with Crippen molar-refractivity contribution in [3.63, 3.8) is 0 Å². The van der Waals surface area contributed by atoms with Gasteiger partial charge in [-0.15, -0.1) is 0 Å². The lowest BCUT2D eigenvalue weighted by Crippen LogP contribution is -2.35.